The lowest BCUT2D eigenvalue weighted by atomic mass is 10.1. The Balaban J connectivity index is 2.13. The van der Waals surface area contributed by atoms with Gasteiger partial charge in [-0.1, -0.05) is 35.8 Å². The topological polar surface area (TPSA) is 66.0 Å². The highest BCUT2D eigenvalue weighted by Crippen LogP contribution is 2.28. The van der Waals surface area contributed by atoms with Crippen LogP contribution >= 0.6 is 15.9 Å². The Hall–Kier alpha value is -1.40. The van der Waals surface area contributed by atoms with Crippen molar-refractivity contribution in [1.82, 2.24) is 14.8 Å². The van der Waals surface area contributed by atoms with Gasteiger partial charge in [0.25, 0.3) is 0 Å². The van der Waals surface area contributed by atoms with E-state index in [-0.39, 0.29) is 6.04 Å². The van der Waals surface area contributed by atoms with Gasteiger partial charge in [-0.2, -0.15) is 5.10 Å². The summed E-state index contributed by atoms with van der Waals surface area (Å²) >= 11 is 3.46. The smallest absolute Gasteiger partial charge is 0.164 e. The Morgan fingerprint density at radius 2 is 2.10 bits per heavy atom. The van der Waals surface area contributed by atoms with E-state index in [1.165, 1.54) is 0 Å². The minimum Gasteiger partial charge on any atom is -0.485 e. The predicted octanol–water partition coefficient (Wildman–Crippen LogP) is 3.30. The maximum absolute atomic E-state index is 5.98. The van der Waals surface area contributed by atoms with Gasteiger partial charge in [0.1, 0.15) is 18.7 Å². The van der Waals surface area contributed by atoms with Gasteiger partial charge in [-0.3, -0.25) is 0 Å². The second-order valence-electron chi connectivity index (χ2n) is 5.51. The Bertz CT molecular complexity index is 595. The van der Waals surface area contributed by atoms with Crippen LogP contribution in [0.4, 0.5) is 0 Å². The molecule has 21 heavy (non-hydrogen) atoms. The first-order valence-corrected chi connectivity index (χ1v) is 7.81. The SMILES string of the molecule is CC(C)Cn1ncnc1COc1cc(Br)ccc1[C@@H](C)N. The van der Waals surface area contributed by atoms with Crippen molar-refractivity contribution in [3.8, 4) is 5.75 Å². The second-order valence-corrected chi connectivity index (χ2v) is 6.43. The van der Waals surface area contributed by atoms with Crippen LogP contribution in [0.15, 0.2) is 29.0 Å². The summed E-state index contributed by atoms with van der Waals surface area (Å²) in [5, 5.41) is 4.24. The molecule has 2 N–H and O–H groups in total. The number of hydrogen-bond acceptors (Lipinski definition) is 4. The highest BCUT2D eigenvalue weighted by Gasteiger charge is 2.11. The van der Waals surface area contributed by atoms with Crippen LogP contribution in [0.2, 0.25) is 0 Å². The van der Waals surface area contributed by atoms with Crippen molar-refractivity contribution in [3.63, 3.8) is 0 Å². The summed E-state index contributed by atoms with van der Waals surface area (Å²) in [5.74, 6) is 2.11. The molecule has 0 amide bonds. The largest absolute Gasteiger partial charge is 0.485 e. The van der Waals surface area contributed by atoms with Gasteiger partial charge in [0, 0.05) is 22.6 Å². The zero-order chi connectivity index (χ0) is 15.4. The van der Waals surface area contributed by atoms with Gasteiger partial charge in [0.15, 0.2) is 5.82 Å². The first kappa shape index (κ1) is 16.0. The molecule has 1 aromatic carbocycles. The van der Waals surface area contributed by atoms with Gasteiger partial charge >= 0.3 is 0 Å². The highest BCUT2D eigenvalue weighted by atomic mass is 79.9. The normalized spacial score (nSPS) is 12.7. The Morgan fingerprint density at radius 1 is 1.33 bits per heavy atom. The summed E-state index contributed by atoms with van der Waals surface area (Å²) in [5.41, 5.74) is 6.96. The molecule has 1 aromatic heterocycles. The third kappa shape index (κ3) is 4.28. The number of rotatable bonds is 6. The van der Waals surface area contributed by atoms with Crippen LogP contribution in [0.3, 0.4) is 0 Å². The van der Waals surface area contributed by atoms with Gasteiger partial charge in [-0.25, -0.2) is 9.67 Å². The van der Waals surface area contributed by atoms with Crippen molar-refractivity contribution in [2.24, 2.45) is 11.7 Å². The van der Waals surface area contributed by atoms with E-state index in [2.05, 4.69) is 39.9 Å². The van der Waals surface area contributed by atoms with Crippen LogP contribution < -0.4 is 10.5 Å². The van der Waals surface area contributed by atoms with Crippen molar-refractivity contribution in [1.29, 1.82) is 0 Å². The van der Waals surface area contributed by atoms with Crippen molar-refractivity contribution >= 4 is 15.9 Å². The molecular weight excluding hydrogens is 332 g/mol. The summed E-state index contributed by atoms with van der Waals surface area (Å²) in [6.07, 6.45) is 1.56. The molecule has 0 aliphatic heterocycles. The van der Waals surface area contributed by atoms with E-state index >= 15 is 0 Å². The minimum absolute atomic E-state index is 0.0818. The molecule has 0 fully saturated rings. The number of aromatic nitrogens is 3. The second kappa shape index (κ2) is 7.04. The average molecular weight is 353 g/mol. The van der Waals surface area contributed by atoms with Crippen molar-refractivity contribution in [2.75, 3.05) is 0 Å². The van der Waals surface area contributed by atoms with Crippen LogP contribution in [-0.4, -0.2) is 14.8 Å². The monoisotopic (exact) mass is 352 g/mol. The number of nitrogens with two attached hydrogens (primary N) is 1. The van der Waals surface area contributed by atoms with Crippen LogP contribution in [-0.2, 0) is 13.2 Å². The maximum Gasteiger partial charge on any atom is 0.164 e. The van der Waals surface area contributed by atoms with Crippen molar-refractivity contribution < 1.29 is 4.74 Å². The van der Waals surface area contributed by atoms with Gasteiger partial charge in [0.05, 0.1) is 0 Å². The van der Waals surface area contributed by atoms with Crippen LogP contribution in [0, 0.1) is 5.92 Å². The summed E-state index contributed by atoms with van der Waals surface area (Å²) < 4.78 is 8.76. The maximum atomic E-state index is 5.98. The van der Waals surface area contributed by atoms with Gasteiger partial charge in [-0.05, 0) is 25.0 Å². The molecule has 0 saturated carbocycles. The van der Waals surface area contributed by atoms with Gasteiger partial charge in [-0.15, -0.1) is 0 Å². The molecule has 0 unspecified atom stereocenters. The molecule has 2 rings (SSSR count). The van der Waals surface area contributed by atoms with Gasteiger partial charge < -0.3 is 10.5 Å². The molecule has 5 nitrogen and oxygen atoms in total. The zero-order valence-electron chi connectivity index (χ0n) is 12.6. The number of nitrogens with zero attached hydrogens (tertiary/aromatic N) is 3. The highest BCUT2D eigenvalue weighted by molar-refractivity contribution is 9.10. The molecule has 0 radical (unpaired) electrons. The lowest BCUT2D eigenvalue weighted by Gasteiger charge is -2.15. The van der Waals surface area contributed by atoms with Crippen molar-refractivity contribution in [3.05, 3.63) is 40.4 Å². The average Bonchev–Trinajstić information content (AvgIpc) is 2.82. The Kier molecular flexibility index (Phi) is 5.36. The molecule has 1 atom stereocenters. The summed E-state index contributed by atoms with van der Waals surface area (Å²) in [6.45, 7) is 7.45. The molecular formula is C15H21BrN4O. The third-order valence-electron chi connectivity index (χ3n) is 3.06. The lowest BCUT2D eigenvalue weighted by Crippen LogP contribution is -2.13. The van der Waals surface area contributed by atoms with Crippen LogP contribution in [0.25, 0.3) is 0 Å². The minimum atomic E-state index is -0.0818. The summed E-state index contributed by atoms with van der Waals surface area (Å²) in [7, 11) is 0. The van der Waals surface area contributed by atoms with E-state index in [1.807, 2.05) is 29.8 Å². The molecule has 6 heteroatoms. The van der Waals surface area contributed by atoms with Crippen molar-refractivity contribution in [2.45, 2.75) is 40.0 Å². The number of benzene rings is 1. The quantitative estimate of drug-likeness (QED) is 0.865. The van der Waals surface area contributed by atoms with Crippen LogP contribution in [0.5, 0.6) is 5.75 Å². The lowest BCUT2D eigenvalue weighted by molar-refractivity contribution is 0.278. The first-order chi connectivity index (χ1) is 9.97. The standard InChI is InChI=1S/C15H21BrN4O/c1-10(2)7-20-15(18-9-19-20)8-21-14-6-12(16)4-5-13(14)11(3)17/h4-6,9-11H,7-8,17H2,1-3H3/t11-/m1/s1. The first-order valence-electron chi connectivity index (χ1n) is 7.02. The van der Waals surface area contributed by atoms with E-state index in [4.69, 9.17) is 10.5 Å². The van der Waals surface area contributed by atoms with E-state index in [9.17, 15) is 0 Å². The molecule has 0 bridgehead atoms. The fourth-order valence-electron chi connectivity index (χ4n) is 2.05. The van der Waals surface area contributed by atoms with E-state index in [0.717, 1.165) is 28.2 Å². The summed E-state index contributed by atoms with van der Waals surface area (Å²) in [6, 6.07) is 5.79. The third-order valence-corrected chi connectivity index (χ3v) is 3.55. The van der Waals surface area contributed by atoms with Crippen LogP contribution in [0.1, 0.15) is 38.2 Å². The fraction of sp³-hybridized carbons (Fsp3) is 0.467. The van der Waals surface area contributed by atoms with Gasteiger partial charge in [0.2, 0.25) is 0 Å². The Morgan fingerprint density at radius 3 is 2.76 bits per heavy atom. The molecule has 0 spiro atoms. The van der Waals surface area contributed by atoms with E-state index < -0.39 is 0 Å². The summed E-state index contributed by atoms with van der Waals surface area (Å²) in [4.78, 5) is 4.27. The number of halogens is 1. The Labute approximate surface area is 133 Å². The molecule has 0 saturated heterocycles. The molecule has 1 heterocycles. The number of hydrogen-bond donors (Lipinski definition) is 1. The zero-order valence-corrected chi connectivity index (χ0v) is 14.2. The number of ether oxygens (including phenoxy) is 1. The fourth-order valence-corrected chi connectivity index (χ4v) is 2.39. The molecule has 114 valence electrons. The molecule has 2 aromatic rings. The molecule has 0 aliphatic rings. The van der Waals surface area contributed by atoms with E-state index in [0.29, 0.717) is 12.5 Å². The molecule has 0 aliphatic carbocycles. The predicted molar refractivity (Wildman–Crippen MR) is 85.9 cm³/mol. The van der Waals surface area contributed by atoms with E-state index in [1.54, 1.807) is 6.33 Å².